The molecule has 2 atom stereocenters. The number of nitrogens with one attached hydrogen (secondary N) is 1. The molecule has 1 aromatic heterocycles. The van der Waals surface area contributed by atoms with Crippen LogP contribution in [0, 0.1) is 5.92 Å². The van der Waals surface area contributed by atoms with E-state index in [1.54, 1.807) is 13.8 Å². The summed E-state index contributed by atoms with van der Waals surface area (Å²) >= 11 is 0. The van der Waals surface area contributed by atoms with Crippen LogP contribution in [-0.2, 0) is 10.0 Å². The first-order valence-corrected chi connectivity index (χ1v) is 6.70. The van der Waals surface area contributed by atoms with Crippen LogP contribution in [0.4, 0.5) is 5.82 Å². The Hall–Kier alpha value is -1.18. The van der Waals surface area contributed by atoms with Crippen molar-refractivity contribution in [2.45, 2.75) is 24.8 Å². The molecule has 0 aromatic carbocycles. The van der Waals surface area contributed by atoms with Crippen molar-refractivity contribution in [3.63, 3.8) is 0 Å². The van der Waals surface area contributed by atoms with Crippen LogP contribution in [0.5, 0.6) is 0 Å². The molecule has 0 amide bonds. The summed E-state index contributed by atoms with van der Waals surface area (Å²) < 4.78 is 26.4. The average molecular weight is 259 g/mol. The van der Waals surface area contributed by atoms with Crippen molar-refractivity contribution < 1.29 is 13.5 Å². The van der Waals surface area contributed by atoms with E-state index in [9.17, 15) is 8.42 Å². The number of nitrogens with zero attached hydrogens (tertiary/aromatic N) is 1. The Morgan fingerprint density at radius 1 is 1.53 bits per heavy atom. The van der Waals surface area contributed by atoms with E-state index in [2.05, 4.69) is 9.71 Å². The maximum Gasteiger partial charge on any atom is 0.244 e. The summed E-state index contributed by atoms with van der Waals surface area (Å²) in [7, 11) is -3.69. The van der Waals surface area contributed by atoms with Gasteiger partial charge in [-0.2, -0.15) is 0 Å². The predicted molar refractivity (Wildman–Crippen MR) is 64.7 cm³/mol. The van der Waals surface area contributed by atoms with Crippen molar-refractivity contribution in [2.24, 2.45) is 5.92 Å². The fourth-order valence-electron chi connectivity index (χ4n) is 1.21. The molecular weight excluding hydrogens is 242 g/mol. The molecule has 17 heavy (non-hydrogen) atoms. The number of hydrogen-bond acceptors (Lipinski definition) is 5. The minimum absolute atomic E-state index is 0.0381. The molecule has 0 radical (unpaired) electrons. The van der Waals surface area contributed by atoms with Crippen LogP contribution < -0.4 is 10.5 Å². The van der Waals surface area contributed by atoms with Crippen LogP contribution in [0.15, 0.2) is 23.2 Å². The van der Waals surface area contributed by atoms with Gasteiger partial charge in [0.1, 0.15) is 10.7 Å². The number of aliphatic hydroxyl groups excluding tert-OH is 1. The van der Waals surface area contributed by atoms with Crippen molar-refractivity contribution in [1.29, 1.82) is 0 Å². The number of pyridine rings is 1. The van der Waals surface area contributed by atoms with Crippen LogP contribution in [0.3, 0.4) is 0 Å². The third kappa shape index (κ3) is 3.39. The number of sulfonamides is 1. The van der Waals surface area contributed by atoms with Gasteiger partial charge in [0.2, 0.25) is 10.0 Å². The van der Waals surface area contributed by atoms with Crippen LogP contribution in [0.2, 0.25) is 0 Å². The van der Waals surface area contributed by atoms with Crippen molar-refractivity contribution in [3.8, 4) is 0 Å². The van der Waals surface area contributed by atoms with Gasteiger partial charge in [-0.1, -0.05) is 6.92 Å². The topological polar surface area (TPSA) is 105 Å². The molecule has 0 aliphatic rings. The highest BCUT2D eigenvalue weighted by atomic mass is 32.2. The molecule has 96 valence electrons. The van der Waals surface area contributed by atoms with Gasteiger partial charge in [0.15, 0.2) is 0 Å². The van der Waals surface area contributed by atoms with Crippen molar-refractivity contribution in [1.82, 2.24) is 9.71 Å². The summed E-state index contributed by atoms with van der Waals surface area (Å²) in [5.74, 6) is -0.216. The molecule has 1 aromatic rings. The third-order valence-corrected chi connectivity index (χ3v) is 4.18. The molecule has 0 saturated heterocycles. The molecule has 0 spiro atoms. The monoisotopic (exact) mass is 259 g/mol. The van der Waals surface area contributed by atoms with Gasteiger partial charge in [-0.15, -0.1) is 0 Å². The number of nitrogens with two attached hydrogens (primary N) is 1. The molecule has 0 aliphatic heterocycles. The number of nitrogen functional groups attached to an aromatic ring is 1. The fraction of sp³-hybridized carbons (Fsp3) is 0.500. The van der Waals surface area contributed by atoms with Gasteiger partial charge in [0, 0.05) is 18.8 Å². The number of aliphatic hydroxyl groups is 1. The zero-order chi connectivity index (χ0) is 13.1. The molecule has 6 nitrogen and oxygen atoms in total. The van der Waals surface area contributed by atoms with Crippen molar-refractivity contribution >= 4 is 15.8 Å². The molecule has 1 rings (SSSR count). The number of hydrogen-bond donors (Lipinski definition) is 3. The predicted octanol–water partition coefficient (Wildman–Crippen LogP) is -0.0410. The van der Waals surface area contributed by atoms with Gasteiger partial charge in [0.05, 0.1) is 0 Å². The van der Waals surface area contributed by atoms with Crippen LogP contribution in [-0.4, -0.2) is 31.2 Å². The molecule has 0 fully saturated rings. The second kappa shape index (κ2) is 5.44. The Morgan fingerprint density at radius 3 is 2.71 bits per heavy atom. The summed E-state index contributed by atoms with van der Waals surface area (Å²) in [5, 5.41) is 8.96. The largest absolute Gasteiger partial charge is 0.396 e. The molecule has 1 heterocycles. The number of rotatable bonds is 5. The SMILES string of the molecule is CC(CO)C(C)NS(=O)(=O)c1cccnc1N. The molecule has 7 heteroatoms. The zero-order valence-corrected chi connectivity index (χ0v) is 10.6. The molecular formula is C10H17N3O3S. The lowest BCUT2D eigenvalue weighted by atomic mass is 10.1. The Kier molecular flexibility index (Phi) is 4.44. The Bertz CT molecular complexity index is 475. The molecule has 0 bridgehead atoms. The van der Waals surface area contributed by atoms with E-state index in [1.165, 1.54) is 18.3 Å². The van der Waals surface area contributed by atoms with E-state index < -0.39 is 10.0 Å². The minimum atomic E-state index is -3.69. The van der Waals surface area contributed by atoms with Crippen molar-refractivity contribution in [2.75, 3.05) is 12.3 Å². The Morgan fingerprint density at radius 2 is 2.18 bits per heavy atom. The molecule has 4 N–H and O–H groups in total. The number of aromatic nitrogens is 1. The maximum absolute atomic E-state index is 12.0. The van der Waals surface area contributed by atoms with Gasteiger partial charge in [-0.3, -0.25) is 0 Å². The first kappa shape index (κ1) is 13.9. The standard InChI is InChI=1S/C10H17N3O3S/c1-7(6-14)8(2)13-17(15,16)9-4-3-5-12-10(9)11/h3-5,7-8,13-14H,6H2,1-2H3,(H2,11,12). The van der Waals surface area contributed by atoms with Gasteiger partial charge >= 0.3 is 0 Å². The van der Waals surface area contributed by atoms with E-state index in [0.29, 0.717) is 0 Å². The average Bonchev–Trinajstić information content (AvgIpc) is 2.27. The minimum Gasteiger partial charge on any atom is -0.396 e. The quantitative estimate of drug-likeness (QED) is 0.688. The second-order valence-corrected chi connectivity index (χ2v) is 5.64. The number of anilines is 1. The van der Waals surface area contributed by atoms with E-state index in [1.807, 2.05) is 0 Å². The smallest absolute Gasteiger partial charge is 0.244 e. The molecule has 0 saturated carbocycles. The van der Waals surface area contributed by atoms with Crippen LogP contribution in [0.25, 0.3) is 0 Å². The fourth-order valence-corrected chi connectivity index (χ4v) is 2.65. The van der Waals surface area contributed by atoms with Crippen LogP contribution in [0.1, 0.15) is 13.8 Å². The van der Waals surface area contributed by atoms with E-state index in [4.69, 9.17) is 10.8 Å². The van der Waals surface area contributed by atoms with E-state index in [0.717, 1.165) is 0 Å². The second-order valence-electron chi connectivity index (χ2n) is 3.96. The molecule has 2 unspecified atom stereocenters. The first-order chi connectivity index (χ1) is 7.88. The van der Waals surface area contributed by atoms with Crippen molar-refractivity contribution in [3.05, 3.63) is 18.3 Å². The van der Waals surface area contributed by atoms with E-state index in [-0.39, 0.29) is 29.3 Å². The summed E-state index contributed by atoms with van der Waals surface area (Å²) in [6.45, 7) is 3.34. The van der Waals surface area contributed by atoms with Gasteiger partial charge in [-0.25, -0.2) is 18.1 Å². The summed E-state index contributed by atoms with van der Waals surface area (Å²) in [6.07, 6.45) is 1.42. The van der Waals surface area contributed by atoms with Gasteiger partial charge in [0.25, 0.3) is 0 Å². The zero-order valence-electron chi connectivity index (χ0n) is 9.79. The molecule has 0 aliphatic carbocycles. The van der Waals surface area contributed by atoms with Crippen LogP contribution >= 0.6 is 0 Å². The Balaban J connectivity index is 2.94. The highest BCUT2D eigenvalue weighted by molar-refractivity contribution is 7.89. The lowest BCUT2D eigenvalue weighted by Gasteiger charge is -2.19. The van der Waals surface area contributed by atoms with Gasteiger partial charge < -0.3 is 10.8 Å². The maximum atomic E-state index is 12.0. The Labute approximate surface area is 101 Å². The normalized spacial score (nSPS) is 15.5. The summed E-state index contributed by atoms with van der Waals surface area (Å²) in [5.41, 5.74) is 5.51. The summed E-state index contributed by atoms with van der Waals surface area (Å²) in [6, 6.07) is 2.51. The van der Waals surface area contributed by atoms with Gasteiger partial charge in [-0.05, 0) is 25.0 Å². The van der Waals surface area contributed by atoms with E-state index >= 15 is 0 Å². The lowest BCUT2D eigenvalue weighted by molar-refractivity contribution is 0.216. The highest BCUT2D eigenvalue weighted by Crippen LogP contribution is 2.15. The lowest BCUT2D eigenvalue weighted by Crippen LogP contribution is -2.38. The third-order valence-electron chi connectivity index (χ3n) is 2.57. The first-order valence-electron chi connectivity index (χ1n) is 5.22. The summed E-state index contributed by atoms with van der Waals surface area (Å²) in [4.78, 5) is 3.68. The highest BCUT2D eigenvalue weighted by Gasteiger charge is 2.22.